The number of hydrogen-bond donors (Lipinski definition) is 1. The molecule has 1 aliphatic heterocycles. The molecule has 1 aromatic carbocycles. The molecule has 9 nitrogen and oxygen atoms in total. The van der Waals surface area contributed by atoms with Crippen LogP contribution in [0, 0.1) is 11.6 Å². The number of aromatic hydroxyl groups is 1. The molecule has 1 N–H and O–H groups in total. The van der Waals surface area contributed by atoms with Gasteiger partial charge >= 0.3 is 12.3 Å². The van der Waals surface area contributed by atoms with Crippen LogP contribution in [0.3, 0.4) is 0 Å². The second kappa shape index (κ2) is 8.82. The van der Waals surface area contributed by atoms with Gasteiger partial charge in [-0.25, -0.2) is 23.2 Å². The van der Waals surface area contributed by atoms with Crippen molar-refractivity contribution in [3.63, 3.8) is 0 Å². The number of carbonyl (C=O) groups is 1. The van der Waals surface area contributed by atoms with E-state index in [0.717, 1.165) is 0 Å². The van der Waals surface area contributed by atoms with Gasteiger partial charge in [-0.1, -0.05) is 0 Å². The Morgan fingerprint density at radius 2 is 1.89 bits per heavy atom. The molecule has 0 unspecified atom stereocenters. The molecule has 0 radical (unpaired) electrons. The van der Waals surface area contributed by atoms with Crippen molar-refractivity contribution in [3.8, 4) is 17.0 Å². The minimum Gasteiger partial charge on any atom is -0.503 e. The molecule has 14 heteroatoms. The molecule has 1 amide bonds. The summed E-state index contributed by atoms with van der Waals surface area (Å²) < 4.78 is 74.1. The fraction of sp³-hybridized carbons (Fsp3) is 0.429. The second-order valence-corrected chi connectivity index (χ2v) is 8.12. The highest BCUT2D eigenvalue weighted by atomic mass is 19.4. The number of benzene rings is 1. The summed E-state index contributed by atoms with van der Waals surface area (Å²) in [5.41, 5.74) is -2.63. The van der Waals surface area contributed by atoms with E-state index in [1.54, 1.807) is 11.9 Å². The number of rotatable bonds is 3. The van der Waals surface area contributed by atoms with Crippen molar-refractivity contribution in [1.29, 1.82) is 0 Å². The minimum atomic E-state index is -5.16. The standard InChI is InChI=1S/C21H21F5N6O3/c1-30(10-4-6-32(7-5-10)20(34)35-3)19-27-9-12-16(29-31(2)18(12)28-19)11-8-13(21(24,25)26)15(23)17(33)14(11)22/h8-10,33H,4-7H2,1-3H3. The largest absolute Gasteiger partial charge is 0.503 e. The number of phenols is 1. The van der Waals surface area contributed by atoms with Gasteiger partial charge in [0.15, 0.2) is 23.0 Å². The van der Waals surface area contributed by atoms with E-state index in [0.29, 0.717) is 31.9 Å². The number of halogens is 5. The number of alkyl halides is 3. The van der Waals surface area contributed by atoms with Crippen LogP contribution in [0.15, 0.2) is 12.3 Å². The van der Waals surface area contributed by atoms with Gasteiger partial charge in [-0.3, -0.25) is 0 Å². The molecule has 188 valence electrons. The molecule has 3 heterocycles. The number of aromatic nitrogens is 4. The predicted octanol–water partition coefficient (Wildman–Crippen LogP) is 3.70. The van der Waals surface area contributed by atoms with Gasteiger partial charge in [-0.2, -0.15) is 23.3 Å². The number of anilines is 1. The van der Waals surface area contributed by atoms with Crippen LogP contribution < -0.4 is 4.90 Å². The molecule has 3 aromatic rings. The minimum absolute atomic E-state index is 0.00175. The zero-order valence-electron chi connectivity index (χ0n) is 18.9. The van der Waals surface area contributed by atoms with E-state index in [2.05, 4.69) is 15.1 Å². The third-order valence-electron chi connectivity index (χ3n) is 6.07. The molecular weight excluding hydrogens is 479 g/mol. The first-order valence-electron chi connectivity index (χ1n) is 10.5. The van der Waals surface area contributed by atoms with Crippen molar-refractivity contribution >= 4 is 23.1 Å². The molecule has 0 atom stereocenters. The molecule has 4 rings (SSSR count). The van der Waals surface area contributed by atoms with Crippen molar-refractivity contribution in [2.75, 3.05) is 32.1 Å². The first kappa shape index (κ1) is 24.4. The fourth-order valence-corrected chi connectivity index (χ4v) is 4.13. The van der Waals surface area contributed by atoms with Crippen LogP contribution in [0.25, 0.3) is 22.3 Å². The molecular formula is C21H21F5N6O3. The maximum atomic E-state index is 14.6. The molecule has 0 spiro atoms. The number of ether oxygens (including phenoxy) is 1. The third kappa shape index (κ3) is 4.28. The number of carbonyl (C=O) groups excluding carboxylic acids is 1. The van der Waals surface area contributed by atoms with E-state index in [1.807, 2.05) is 4.90 Å². The summed E-state index contributed by atoms with van der Waals surface area (Å²) in [6, 6.07) is 0.267. The number of piperidine rings is 1. The Labute approximate surface area is 195 Å². The zero-order valence-corrected chi connectivity index (χ0v) is 18.9. The monoisotopic (exact) mass is 500 g/mol. The van der Waals surface area contributed by atoms with Gasteiger partial charge in [-0.05, 0) is 18.9 Å². The summed E-state index contributed by atoms with van der Waals surface area (Å²) in [4.78, 5) is 23.8. The normalized spacial score (nSPS) is 15.0. The highest BCUT2D eigenvalue weighted by Crippen LogP contribution is 2.41. The Hall–Kier alpha value is -3.71. The highest BCUT2D eigenvalue weighted by molar-refractivity contribution is 5.91. The number of likely N-dealkylation sites (tertiary alicyclic amines) is 1. The summed E-state index contributed by atoms with van der Waals surface area (Å²) in [5, 5.41) is 13.8. The first-order valence-corrected chi connectivity index (χ1v) is 10.5. The Kier molecular flexibility index (Phi) is 6.15. The summed E-state index contributed by atoms with van der Waals surface area (Å²) in [7, 11) is 4.54. The van der Waals surface area contributed by atoms with Crippen LogP contribution >= 0.6 is 0 Å². The number of nitrogens with zero attached hydrogens (tertiary/aromatic N) is 6. The average Bonchev–Trinajstić information content (AvgIpc) is 3.16. The van der Waals surface area contributed by atoms with E-state index < -0.39 is 40.8 Å². The molecule has 1 aliphatic rings. The first-order chi connectivity index (χ1) is 16.4. The second-order valence-electron chi connectivity index (χ2n) is 8.12. The number of amides is 1. The average molecular weight is 500 g/mol. The smallest absolute Gasteiger partial charge is 0.419 e. The van der Waals surface area contributed by atoms with Crippen molar-refractivity contribution in [1.82, 2.24) is 24.6 Å². The van der Waals surface area contributed by atoms with Gasteiger partial charge in [0, 0.05) is 45.0 Å². The van der Waals surface area contributed by atoms with Gasteiger partial charge in [0.05, 0.1) is 18.1 Å². The molecule has 1 saturated heterocycles. The molecule has 0 saturated carbocycles. The molecule has 1 fully saturated rings. The molecule has 0 aliphatic carbocycles. The number of methoxy groups -OCH3 is 1. The van der Waals surface area contributed by atoms with Gasteiger partial charge in [0.25, 0.3) is 0 Å². The van der Waals surface area contributed by atoms with E-state index >= 15 is 0 Å². The van der Waals surface area contributed by atoms with E-state index in [9.17, 15) is 31.9 Å². The molecule has 0 bridgehead atoms. The number of fused-ring (bicyclic) bond motifs is 1. The lowest BCUT2D eigenvalue weighted by Gasteiger charge is -2.36. The maximum absolute atomic E-state index is 14.6. The van der Waals surface area contributed by atoms with Crippen LogP contribution in [0.4, 0.5) is 32.7 Å². The SMILES string of the molecule is COC(=O)N1CCC(N(C)c2ncc3c(-c4cc(C(F)(F)F)c(F)c(O)c4F)nn(C)c3n2)CC1. The Balaban J connectivity index is 1.69. The lowest BCUT2D eigenvalue weighted by Crippen LogP contribution is -2.46. The van der Waals surface area contributed by atoms with Crippen molar-refractivity contribution in [2.45, 2.75) is 25.1 Å². The zero-order chi connectivity index (χ0) is 25.7. The summed E-state index contributed by atoms with van der Waals surface area (Å²) >= 11 is 0. The number of phenolic OH excluding ortho intramolecular Hbond substituents is 1. The molecule has 2 aromatic heterocycles. The predicted molar refractivity (Wildman–Crippen MR) is 114 cm³/mol. The Morgan fingerprint density at radius 3 is 2.49 bits per heavy atom. The highest BCUT2D eigenvalue weighted by Gasteiger charge is 2.38. The number of hydrogen-bond acceptors (Lipinski definition) is 7. The van der Waals surface area contributed by atoms with E-state index in [4.69, 9.17) is 4.74 Å². The Morgan fingerprint density at radius 1 is 1.23 bits per heavy atom. The van der Waals surface area contributed by atoms with Crippen LogP contribution in [-0.4, -0.2) is 69.1 Å². The topological polar surface area (TPSA) is 96.6 Å². The van der Waals surface area contributed by atoms with Gasteiger partial charge in [0.2, 0.25) is 5.95 Å². The maximum Gasteiger partial charge on any atom is 0.419 e. The van der Waals surface area contributed by atoms with Crippen molar-refractivity contribution < 1.29 is 36.6 Å². The van der Waals surface area contributed by atoms with Crippen LogP contribution in [-0.2, 0) is 18.0 Å². The van der Waals surface area contributed by atoms with Gasteiger partial charge in [-0.15, -0.1) is 0 Å². The van der Waals surface area contributed by atoms with Crippen LogP contribution in [0.5, 0.6) is 5.75 Å². The van der Waals surface area contributed by atoms with E-state index in [-0.39, 0.29) is 28.8 Å². The number of aryl methyl sites for hydroxylation is 1. The third-order valence-corrected chi connectivity index (χ3v) is 6.07. The summed E-state index contributed by atoms with van der Waals surface area (Å²) in [6.07, 6.45) is -3.02. The van der Waals surface area contributed by atoms with Gasteiger partial charge in [0.1, 0.15) is 5.69 Å². The summed E-state index contributed by atoms with van der Waals surface area (Å²) in [5.74, 6) is -5.13. The van der Waals surface area contributed by atoms with Crippen LogP contribution in [0.1, 0.15) is 18.4 Å². The van der Waals surface area contributed by atoms with Crippen molar-refractivity contribution in [2.24, 2.45) is 7.05 Å². The summed E-state index contributed by atoms with van der Waals surface area (Å²) in [6.45, 7) is 0.962. The van der Waals surface area contributed by atoms with Gasteiger partial charge < -0.3 is 19.6 Å². The molecule has 35 heavy (non-hydrogen) atoms. The fourth-order valence-electron chi connectivity index (χ4n) is 4.13. The lowest BCUT2D eigenvalue weighted by atomic mass is 10.0. The van der Waals surface area contributed by atoms with Crippen LogP contribution in [0.2, 0.25) is 0 Å². The quantitative estimate of drug-likeness (QED) is 0.548. The Bertz CT molecular complexity index is 1290. The van der Waals surface area contributed by atoms with Crippen molar-refractivity contribution in [3.05, 3.63) is 29.5 Å². The lowest BCUT2D eigenvalue weighted by molar-refractivity contribution is -0.140. The van der Waals surface area contributed by atoms with E-state index in [1.165, 1.54) is 25.0 Å².